The number of thioether (sulfide) groups is 1. The summed E-state index contributed by atoms with van der Waals surface area (Å²) in [7, 11) is 3.85. The van der Waals surface area contributed by atoms with Crippen molar-refractivity contribution in [2.24, 2.45) is 5.92 Å². The van der Waals surface area contributed by atoms with Gasteiger partial charge in [-0.3, -0.25) is 14.4 Å². The third kappa shape index (κ3) is 9.01. The minimum absolute atomic E-state index is 0.0930. The lowest BCUT2D eigenvalue weighted by Gasteiger charge is -2.32. The molecule has 0 aliphatic carbocycles. The lowest BCUT2D eigenvalue weighted by atomic mass is 9.94. The Morgan fingerprint density at radius 1 is 1.14 bits per heavy atom. The van der Waals surface area contributed by atoms with Crippen molar-refractivity contribution >= 4 is 51.6 Å². The molecule has 0 saturated carbocycles. The first-order valence-electron chi connectivity index (χ1n) is 13.8. The highest BCUT2D eigenvalue weighted by Crippen LogP contribution is 2.32. The molecule has 3 heterocycles. The highest BCUT2D eigenvalue weighted by molar-refractivity contribution is 8.00. The Morgan fingerprint density at radius 3 is 2.60 bits per heavy atom. The largest absolute Gasteiger partial charge is 0.444 e. The Balaban J connectivity index is 1.26. The van der Waals surface area contributed by atoms with Gasteiger partial charge in [0, 0.05) is 42.4 Å². The van der Waals surface area contributed by atoms with Gasteiger partial charge in [0.2, 0.25) is 17.7 Å². The first-order chi connectivity index (χ1) is 20.0. The molecule has 12 heteroatoms. The summed E-state index contributed by atoms with van der Waals surface area (Å²) in [6.07, 6.45) is 8.23. The minimum Gasteiger partial charge on any atom is -0.444 e. The van der Waals surface area contributed by atoms with E-state index in [0.29, 0.717) is 54.1 Å². The van der Waals surface area contributed by atoms with E-state index in [1.807, 2.05) is 19.0 Å². The summed E-state index contributed by atoms with van der Waals surface area (Å²) in [4.78, 5) is 50.7. The molecule has 1 saturated heterocycles. The minimum atomic E-state index is -0.321. The van der Waals surface area contributed by atoms with Crippen molar-refractivity contribution in [2.45, 2.75) is 49.0 Å². The Labute approximate surface area is 255 Å². The Hall–Kier alpha value is -3.48. The average molecular weight is 611 g/mol. The molecule has 1 aromatic carbocycles. The number of likely N-dealkylation sites (tertiary alicyclic amines) is 1. The van der Waals surface area contributed by atoms with Crippen molar-refractivity contribution in [3.05, 3.63) is 66.0 Å². The van der Waals surface area contributed by atoms with Crippen LogP contribution in [0, 0.1) is 5.92 Å². The van der Waals surface area contributed by atoms with Crippen molar-refractivity contribution in [2.75, 3.05) is 44.4 Å². The predicted molar refractivity (Wildman–Crippen MR) is 167 cm³/mol. The van der Waals surface area contributed by atoms with E-state index in [4.69, 9.17) is 4.42 Å². The summed E-state index contributed by atoms with van der Waals surface area (Å²) in [6.45, 7) is 7.84. The number of rotatable bonds is 10. The zero-order chi connectivity index (χ0) is 30.3. The Morgan fingerprint density at radius 2 is 1.90 bits per heavy atom. The topological polar surface area (TPSA) is 121 Å². The second-order valence-electron chi connectivity index (χ2n) is 11.5. The smallest absolute Gasteiger partial charge is 0.253 e. The first-order valence-corrected chi connectivity index (χ1v) is 15.6. The number of thiazole rings is 1. The van der Waals surface area contributed by atoms with Crippen LogP contribution in [0.1, 0.15) is 55.6 Å². The highest BCUT2D eigenvalue weighted by Gasteiger charge is 2.29. The quantitative estimate of drug-likeness (QED) is 0.235. The number of anilines is 2. The van der Waals surface area contributed by atoms with Gasteiger partial charge in [-0.05, 0) is 51.2 Å². The number of carbonyl (C=O) groups is 3. The normalized spacial score (nSPS) is 15.8. The number of likely N-dealkylation sites (N-methyl/N-ethyl adjacent to an activating group) is 1. The van der Waals surface area contributed by atoms with Gasteiger partial charge in [0.25, 0.3) is 5.91 Å². The van der Waals surface area contributed by atoms with E-state index in [0.717, 1.165) is 16.4 Å². The van der Waals surface area contributed by atoms with Crippen molar-refractivity contribution < 1.29 is 18.8 Å². The van der Waals surface area contributed by atoms with Gasteiger partial charge in [0.05, 0.1) is 28.3 Å². The van der Waals surface area contributed by atoms with Gasteiger partial charge in [-0.25, -0.2) is 9.97 Å². The fraction of sp³-hybridized carbons (Fsp3) is 0.433. The summed E-state index contributed by atoms with van der Waals surface area (Å²) in [5, 5.41) is 6.25. The van der Waals surface area contributed by atoms with Crippen LogP contribution in [0.4, 0.5) is 10.8 Å². The number of nitrogens with one attached hydrogen (secondary N) is 2. The number of nitrogens with zero attached hydrogens (tertiary/aromatic N) is 4. The van der Waals surface area contributed by atoms with Crippen LogP contribution in [-0.2, 0) is 20.8 Å². The van der Waals surface area contributed by atoms with Crippen LogP contribution in [0.15, 0.2) is 57.4 Å². The molecule has 1 unspecified atom stereocenters. The lowest BCUT2D eigenvalue weighted by Crippen LogP contribution is -2.43. The summed E-state index contributed by atoms with van der Waals surface area (Å²) >= 11 is 2.96. The first kappa shape index (κ1) is 31.5. The van der Waals surface area contributed by atoms with Gasteiger partial charge < -0.3 is 24.9 Å². The maximum absolute atomic E-state index is 13.2. The molecule has 0 bridgehead atoms. The summed E-state index contributed by atoms with van der Waals surface area (Å²) < 4.78 is 6.80. The molecule has 0 radical (unpaired) electrons. The second-order valence-corrected chi connectivity index (χ2v) is 13.8. The van der Waals surface area contributed by atoms with E-state index in [-0.39, 0.29) is 29.1 Å². The van der Waals surface area contributed by atoms with Gasteiger partial charge in [0.1, 0.15) is 5.76 Å². The molecule has 1 aliphatic heterocycles. The number of benzene rings is 1. The number of piperidine rings is 1. The fourth-order valence-corrected chi connectivity index (χ4v) is 5.99. The number of hydrogen-bond donors (Lipinski definition) is 2. The Bertz CT molecular complexity index is 1410. The molecule has 224 valence electrons. The number of aromatic nitrogens is 2. The van der Waals surface area contributed by atoms with E-state index < -0.39 is 0 Å². The summed E-state index contributed by atoms with van der Waals surface area (Å²) in [6, 6.07) is 6.81. The molecule has 42 heavy (non-hydrogen) atoms. The Kier molecular flexibility index (Phi) is 10.6. The molecule has 4 rings (SSSR count). The molecule has 0 spiro atoms. The number of carbonyl (C=O) groups excluding carboxylic acids is 3. The van der Waals surface area contributed by atoms with Crippen molar-refractivity contribution in [3.63, 3.8) is 0 Å². The van der Waals surface area contributed by atoms with E-state index >= 15 is 0 Å². The molecule has 1 fully saturated rings. The van der Waals surface area contributed by atoms with Crippen LogP contribution < -0.4 is 10.6 Å². The summed E-state index contributed by atoms with van der Waals surface area (Å²) in [5.74, 6) is 1.26. The van der Waals surface area contributed by atoms with Crippen LogP contribution in [0.2, 0.25) is 0 Å². The third-order valence-corrected chi connectivity index (χ3v) is 8.66. The molecule has 1 aliphatic rings. The van der Waals surface area contributed by atoms with Crippen LogP contribution in [-0.4, -0.2) is 71.2 Å². The van der Waals surface area contributed by atoms with Crippen molar-refractivity contribution in [1.29, 1.82) is 0 Å². The van der Waals surface area contributed by atoms with Crippen LogP contribution >= 0.6 is 23.1 Å². The zero-order valence-corrected chi connectivity index (χ0v) is 26.3. The standard InChI is InChI=1S/C30H38N6O4S2/c1-30(2,3)23-16-31-25(40-23)19-41-26-17-32-29(42-26)34-27(38)21-8-6-15-36(18-21)28(39)20-10-12-22(13-11-20)33-24(37)9-7-14-35(4)5/h7,9-13,16-17,21H,6,8,14-15,18-19H2,1-5H3,(H,33,37)(H,32,34,38). The molecule has 3 aromatic rings. The molecule has 3 amide bonds. The number of amides is 3. The molecular formula is C30H38N6O4S2. The predicted octanol–water partition coefficient (Wildman–Crippen LogP) is 5.27. The highest BCUT2D eigenvalue weighted by atomic mass is 32.2. The van der Waals surface area contributed by atoms with Crippen LogP contribution in [0.25, 0.3) is 0 Å². The monoisotopic (exact) mass is 610 g/mol. The van der Waals surface area contributed by atoms with Gasteiger partial charge in [-0.1, -0.05) is 38.2 Å². The molecular weight excluding hydrogens is 573 g/mol. The van der Waals surface area contributed by atoms with Crippen molar-refractivity contribution in [3.8, 4) is 0 Å². The van der Waals surface area contributed by atoms with E-state index in [1.54, 1.807) is 59.4 Å². The van der Waals surface area contributed by atoms with E-state index in [1.165, 1.54) is 17.4 Å². The number of oxazole rings is 1. The SMILES string of the molecule is CN(C)CC=CC(=O)Nc1ccc(C(=O)N2CCCC(C(=O)Nc3ncc(SCc4ncc(C(C)(C)C)o4)s3)C2)cc1. The fourth-order valence-electron chi connectivity index (χ4n) is 4.26. The zero-order valence-electron chi connectivity index (χ0n) is 24.7. The average Bonchev–Trinajstić information content (AvgIpc) is 3.61. The maximum Gasteiger partial charge on any atom is 0.253 e. The summed E-state index contributed by atoms with van der Waals surface area (Å²) in [5.41, 5.74) is 1.03. The van der Waals surface area contributed by atoms with E-state index in [9.17, 15) is 14.4 Å². The van der Waals surface area contributed by atoms with Gasteiger partial charge in [0.15, 0.2) is 5.13 Å². The number of hydrogen-bond acceptors (Lipinski definition) is 9. The van der Waals surface area contributed by atoms with Gasteiger partial charge in [-0.15, -0.1) is 11.8 Å². The van der Waals surface area contributed by atoms with Crippen molar-refractivity contribution in [1.82, 2.24) is 19.8 Å². The molecule has 2 N–H and O–H groups in total. The van der Waals surface area contributed by atoms with Gasteiger partial charge >= 0.3 is 0 Å². The third-order valence-electron chi connectivity index (χ3n) is 6.56. The lowest BCUT2D eigenvalue weighted by molar-refractivity contribution is -0.121. The molecule has 1 atom stereocenters. The van der Waals surface area contributed by atoms with E-state index in [2.05, 4.69) is 41.4 Å². The molecule has 10 nitrogen and oxygen atoms in total. The van der Waals surface area contributed by atoms with Crippen LogP contribution in [0.3, 0.4) is 0 Å². The maximum atomic E-state index is 13.2. The van der Waals surface area contributed by atoms with Gasteiger partial charge in [-0.2, -0.15) is 0 Å². The second kappa shape index (κ2) is 14.1. The van der Waals surface area contributed by atoms with Crippen LogP contribution in [0.5, 0.6) is 0 Å². The molecule has 2 aromatic heterocycles.